The smallest absolute Gasteiger partial charge is 0.338 e. The number of phenols is 1. The lowest BCUT2D eigenvalue weighted by atomic mass is 9.58. The van der Waals surface area contributed by atoms with Gasteiger partial charge < -0.3 is 30.9 Å². The second-order valence-electron chi connectivity index (χ2n) is 10.8. The first-order valence-electron chi connectivity index (χ1n) is 13.1. The van der Waals surface area contributed by atoms with Crippen LogP contribution >= 0.6 is 0 Å². The summed E-state index contributed by atoms with van der Waals surface area (Å²) in [5, 5.41) is 44.8. The Kier molecular flexibility index (Phi) is 6.75. The predicted molar refractivity (Wildman–Crippen MR) is 145 cm³/mol. The minimum absolute atomic E-state index is 0.0241. The molecule has 2 aromatic carbocycles. The Morgan fingerprint density at radius 2 is 1.83 bits per heavy atom. The Bertz CT molecular complexity index is 1590. The molecule has 0 saturated heterocycles. The van der Waals surface area contributed by atoms with Crippen LogP contribution < -0.4 is 5.73 Å². The lowest BCUT2D eigenvalue weighted by Gasteiger charge is -2.50. The number of aliphatic hydroxyl groups is 3. The molecule has 4 unspecified atom stereocenters. The third-order valence-corrected chi connectivity index (χ3v) is 8.29. The highest BCUT2D eigenvalue weighted by molar-refractivity contribution is 6.25. The van der Waals surface area contributed by atoms with Crippen molar-refractivity contribution in [1.29, 1.82) is 0 Å². The number of hydrogen-bond donors (Lipinski definition) is 5. The fourth-order valence-corrected chi connectivity index (χ4v) is 6.55. The average molecular weight is 563 g/mol. The summed E-state index contributed by atoms with van der Waals surface area (Å²) in [6.45, 7) is 1.89. The molecule has 1 amide bonds. The summed E-state index contributed by atoms with van der Waals surface area (Å²) in [5.41, 5.74) is 3.38. The summed E-state index contributed by atoms with van der Waals surface area (Å²) in [6.07, 6.45) is 0.103. The Hall–Kier alpha value is -4.48. The SMILES string of the molecule is CCOC(=O)c1cccc(-c2ccc(O)c3c2CC2CC4C(N(C)C)C(O)=C(C(N)=O)C(=O)C4(O)C(O)=C2C3=O)c1. The maximum Gasteiger partial charge on any atom is 0.338 e. The lowest BCUT2D eigenvalue weighted by molar-refractivity contribution is -0.148. The number of nitrogens with zero attached hydrogens (tertiary/aromatic N) is 1. The second-order valence-corrected chi connectivity index (χ2v) is 10.8. The van der Waals surface area contributed by atoms with Crippen molar-refractivity contribution in [1.82, 2.24) is 4.90 Å². The quantitative estimate of drug-likeness (QED) is 0.266. The molecule has 0 bridgehead atoms. The van der Waals surface area contributed by atoms with Gasteiger partial charge in [0.1, 0.15) is 22.8 Å². The van der Waals surface area contributed by atoms with Gasteiger partial charge >= 0.3 is 5.97 Å². The van der Waals surface area contributed by atoms with E-state index in [1.165, 1.54) is 11.0 Å². The normalized spacial score (nSPS) is 25.5. The van der Waals surface area contributed by atoms with Gasteiger partial charge in [-0.15, -0.1) is 0 Å². The van der Waals surface area contributed by atoms with Crippen LogP contribution in [0.15, 0.2) is 59.1 Å². The number of esters is 1. The van der Waals surface area contributed by atoms with Crippen LogP contribution in [0.5, 0.6) is 5.75 Å². The molecule has 0 heterocycles. The number of nitrogens with two attached hydrogens (primary N) is 1. The van der Waals surface area contributed by atoms with Crippen LogP contribution in [0.3, 0.4) is 0 Å². The van der Waals surface area contributed by atoms with Gasteiger partial charge in [0, 0.05) is 11.5 Å². The van der Waals surface area contributed by atoms with Gasteiger partial charge in [0.25, 0.3) is 5.91 Å². The van der Waals surface area contributed by atoms with Crippen LogP contribution in [-0.2, 0) is 20.7 Å². The molecule has 0 radical (unpaired) electrons. The van der Waals surface area contributed by atoms with Crippen LogP contribution in [0.2, 0.25) is 0 Å². The Balaban J connectivity index is 1.68. The number of Topliss-reactive ketones (excluding diaryl/α,β-unsaturated/α-hetero) is 2. The number of primary amides is 1. The highest BCUT2D eigenvalue weighted by atomic mass is 16.5. The molecule has 214 valence electrons. The van der Waals surface area contributed by atoms with Gasteiger partial charge in [0.2, 0.25) is 5.78 Å². The molecule has 0 aliphatic heterocycles. The number of benzene rings is 2. The summed E-state index contributed by atoms with van der Waals surface area (Å²) >= 11 is 0. The number of carbonyl (C=O) groups is 4. The Morgan fingerprint density at radius 1 is 1.12 bits per heavy atom. The van der Waals surface area contributed by atoms with E-state index in [-0.39, 0.29) is 36.3 Å². The molecule has 0 spiro atoms. The zero-order valence-corrected chi connectivity index (χ0v) is 22.7. The molecule has 5 rings (SSSR count). The molecule has 41 heavy (non-hydrogen) atoms. The van der Waals surface area contributed by atoms with Gasteiger partial charge in [0.15, 0.2) is 11.4 Å². The van der Waals surface area contributed by atoms with E-state index >= 15 is 0 Å². The Labute approximate surface area is 235 Å². The van der Waals surface area contributed by atoms with Crippen molar-refractivity contribution in [2.45, 2.75) is 31.4 Å². The van der Waals surface area contributed by atoms with Gasteiger partial charge in [-0.25, -0.2) is 4.79 Å². The molecule has 0 saturated carbocycles. The molecule has 11 heteroatoms. The largest absolute Gasteiger partial charge is 0.510 e. The fourth-order valence-electron chi connectivity index (χ4n) is 6.55. The first-order chi connectivity index (χ1) is 19.3. The second kappa shape index (κ2) is 9.86. The summed E-state index contributed by atoms with van der Waals surface area (Å²) in [6, 6.07) is 8.50. The Morgan fingerprint density at radius 3 is 2.46 bits per heavy atom. The first kappa shape index (κ1) is 28.1. The number of phenolic OH excluding ortho intramolecular Hbond substituents is 1. The minimum atomic E-state index is -2.70. The number of amides is 1. The third kappa shape index (κ3) is 4.03. The molecule has 0 fully saturated rings. The highest BCUT2D eigenvalue weighted by Gasteiger charge is 2.63. The number of ether oxygens (including phenoxy) is 1. The van der Waals surface area contributed by atoms with Crippen molar-refractivity contribution in [3.63, 3.8) is 0 Å². The van der Waals surface area contributed by atoms with Crippen molar-refractivity contribution in [2.75, 3.05) is 20.7 Å². The molecular formula is C30H30N2O9. The van der Waals surface area contributed by atoms with E-state index in [9.17, 15) is 39.6 Å². The summed E-state index contributed by atoms with van der Waals surface area (Å²) < 4.78 is 5.10. The number of fused-ring (bicyclic) bond motifs is 3. The number of ketones is 2. The van der Waals surface area contributed by atoms with Gasteiger partial charge in [-0.1, -0.05) is 18.2 Å². The number of aromatic hydroxyl groups is 1. The van der Waals surface area contributed by atoms with E-state index in [1.807, 2.05) is 0 Å². The molecule has 2 aromatic rings. The number of aliphatic hydroxyl groups excluding tert-OH is 2. The average Bonchev–Trinajstić information content (AvgIpc) is 2.90. The van der Waals surface area contributed by atoms with Crippen LogP contribution in [0, 0.1) is 11.8 Å². The number of carbonyl (C=O) groups excluding carboxylic acids is 4. The zero-order valence-electron chi connectivity index (χ0n) is 22.7. The summed E-state index contributed by atoms with van der Waals surface area (Å²) in [4.78, 5) is 53.3. The molecule has 3 aliphatic carbocycles. The van der Waals surface area contributed by atoms with E-state index in [0.717, 1.165) is 0 Å². The maximum absolute atomic E-state index is 13.9. The molecule has 6 N–H and O–H groups in total. The van der Waals surface area contributed by atoms with Gasteiger partial charge in [-0.05, 0) is 74.7 Å². The van der Waals surface area contributed by atoms with Crippen molar-refractivity contribution < 1.29 is 44.3 Å². The fraction of sp³-hybridized carbons (Fsp3) is 0.333. The number of rotatable bonds is 5. The van der Waals surface area contributed by atoms with E-state index in [2.05, 4.69) is 0 Å². The summed E-state index contributed by atoms with van der Waals surface area (Å²) in [7, 11) is 3.14. The van der Waals surface area contributed by atoms with E-state index < -0.39 is 64.0 Å². The number of allylic oxidation sites excluding steroid dienone is 1. The van der Waals surface area contributed by atoms with Crippen LogP contribution in [0.1, 0.15) is 39.6 Å². The van der Waals surface area contributed by atoms with E-state index in [1.54, 1.807) is 51.4 Å². The maximum atomic E-state index is 13.9. The van der Waals surface area contributed by atoms with Gasteiger partial charge in [-0.3, -0.25) is 19.3 Å². The van der Waals surface area contributed by atoms with Crippen molar-refractivity contribution in [3.8, 4) is 16.9 Å². The molecule has 3 aliphatic rings. The van der Waals surface area contributed by atoms with Crippen molar-refractivity contribution >= 4 is 23.4 Å². The van der Waals surface area contributed by atoms with E-state index in [4.69, 9.17) is 10.5 Å². The molecule has 0 aromatic heterocycles. The van der Waals surface area contributed by atoms with Gasteiger partial charge in [0.05, 0.1) is 23.8 Å². The number of hydrogen-bond acceptors (Lipinski definition) is 10. The van der Waals surface area contributed by atoms with Crippen molar-refractivity contribution in [3.05, 3.63) is 75.8 Å². The van der Waals surface area contributed by atoms with Crippen LogP contribution in [0.25, 0.3) is 11.1 Å². The number of likely N-dealkylation sites (N-methyl/N-ethyl adjacent to an activating group) is 1. The third-order valence-electron chi connectivity index (χ3n) is 8.29. The van der Waals surface area contributed by atoms with Crippen molar-refractivity contribution in [2.24, 2.45) is 17.6 Å². The monoisotopic (exact) mass is 562 g/mol. The lowest BCUT2D eigenvalue weighted by Crippen LogP contribution is -2.63. The summed E-state index contributed by atoms with van der Waals surface area (Å²) in [5.74, 6) is -7.62. The first-order valence-corrected chi connectivity index (χ1v) is 13.1. The minimum Gasteiger partial charge on any atom is -0.510 e. The predicted octanol–water partition coefficient (Wildman–Crippen LogP) is 1.96. The standard InChI is InChI=1S/C30H30N2O9/c1-4-41-29(39)14-7-5-6-13(10-14)16-8-9-19(33)21-17(16)11-15-12-18-23(32(2)3)25(35)22(28(31)38)27(37)30(18,40)26(36)20(15)24(21)34/h5-10,15,18,23,33,35-36,40H,4,11-12H2,1-3H3,(H2,31,38). The van der Waals surface area contributed by atoms with E-state index in [0.29, 0.717) is 22.3 Å². The van der Waals surface area contributed by atoms with Gasteiger partial charge in [-0.2, -0.15) is 0 Å². The highest BCUT2D eigenvalue weighted by Crippen LogP contribution is 2.53. The molecule has 4 atom stereocenters. The topological polar surface area (TPSA) is 188 Å². The van der Waals surface area contributed by atoms with Crippen LogP contribution in [-0.4, -0.2) is 81.1 Å². The molecule has 11 nitrogen and oxygen atoms in total. The van der Waals surface area contributed by atoms with Crippen LogP contribution in [0.4, 0.5) is 0 Å². The molecular weight excluding hydrogens is 532 g/mol. The zero-order chi connectivity index (χ0) is 30.0.